The Morgan fingerprint density at radius 2 is 2.14 bits per heavy atom. The van der Waals surface area contributed by atoms with Crippen LogP contribution in [0.5, 0.6) is 0 Å². The maximum Gasteiger partial charge on any atom is 0.194 e. The smallest absolute Gasteiger partial charge is 0.194 e. The lowest BCUT2D eigenvalue weighted by molar-refractivity contribution is 0.403. The third kappa shape index (κ3) is 4.82. The quantitative estimate of drug-likeness (QED) is 0.461. The van der Waals surface area contributed by atoms with Crippen molar-refractivity contribution in [2.45, 2.75) is 40.2 Å². The molecule has 1 unspecified atom stereocenters. The second-order valence-electron chi connectivity index (χ2n) is 6.35. The number of guanidine groups is 1. The zero-order valence-electron chi connectivity index (χ0n) is 14.3. The first kappa shape index (κ1) is 19.2. The number of hydrogen-bond donors (Lipinski definition) is 1. The van der Waals surface area contributed by atoms with Gasteiger partial charge in [0.05, 0.1) is 6.54 Å². The largest absolute Gasteiger partial charge is 0.349 e. The minimum atomic E-state index is 0. The molecule has 0 radical (unpaired) electrons. The van der Waals surface area contributed by atoms with Crippen LogP contribution in [-0.2, 0) is 13.6 Å². The highest BCUT2D eigenvalue weighted by Crippen LogP contribution is 2.23. The lowest BCUT2D eigenvalue weighted by Gasteiger charge is -2.22. The molecule has 1 saturated heterocycles. The van der Waals surface area contributed by atoms with Gasteiger partial charge in [0.1, 0.15) is 5.82 Å². The molecule has 1 N–H and O–H groups in total. The highest BCUT2D eigenvalue weighted by atomic mass is 127. The molecule has 2 rings (SSSR count). The molecule has 7 heteroatoms. The fraction of sp³-hybridized carbons (Fsp3) is 0.800. The molecule has 0 saturated carbocycles. The molecule has 0 aromatic carbocycles. The highest BCUT2D eigenvalue weighted by Gasteiger charge is 2.25. The molecule has 2 heterocycles. The fourth-order valence-electron chi connectivity index (χ4n) is 2.98. The molecule has 1 atom stereocenters. The topological polar surface area (TPSA) is 58.3 Å². The third-order valence-corrected chi connectivity index (χ3v) is 4.19. The van der Waals surface area contributed by atoms with Crippen LogP contribution in [0.1, 0.15) is 38.3 Å². The van der Waals surface area contributed by atoms with Gasteiger partial charge in [-0.25, -0.2) is 0 Å². The SMILES string of the molecule is CN=C(NCc1nnc(C)n1C)N1CCC(CC(C)C)C1.I. The molecule has 0 amide bonds. The van der Waals surface area contributed by atoms with Crippen molar-refractivity contribution in [3.63, 3.8) is 0 Å². The van der Waals surface area contributed by atoms with Crippen LogP contribution in [0.2, 0.25) is 0 Å². The predicted molar refractivity (Wildman–Crippen MR) is 100 cm³/mol. The summed E-state index contributed by atoms with van der Waals surface area (Å²) in [5.41, 5.74) is 0. The van der Waals surface area contributed by atoms with Crippen molar-refractivity contribution >= 4 is 29.9 Å². The van der Waals surface area contributed by atoms with Crippen molar-refractivity contribution in [1.29, 1.82) is 0 Å². The number of nitrogens with one attached hydrogen (secondary N) is 1. The molecule has 1 fully saturated rings. The van der Waals surface area contributed by atoms with Crippen molar-refractivity contribution < 1.29 is 0 Å². The van der Waals surface area contributed by atoms with E-state index in [9.17, 15) is 0 Å². The van der Waals surface area contributed by atoms with Crippen LogP contribution in [0, 0.1) is 18.8 Å². The molecule has 0 aliphatic carbocycles. The Labute approximate surface area is 150 Å². The Morgan fingerprint density at radius 1 is 1.41 bits per heavy atom. The molecule has 0 spiro atoms. The maximum absolute atomic E-state index is 4.41. The van der Waals surface area contributed by atoms with E-state index >= 15 is 0 Å². The predicted octanol–water partition coefficient (Wildman–Crippen LogP) is 2.18. The van der Waals surface area contributed by atoms with Gasteiger partial charge in [0, 0.05) is 27.2 Å². The number of aromatic nitrogens is 3. The van der Waals surface area contributed by atoms with Crippen LogP contribution in [-0.4, -0.2) is 45.8 Å². The Morgan fingerprint density at radius 3 is 2.68 bits per heavy atom. The molecule has 1 aliphatic heterocycles. The van der Waals surface area contributed by atoms with Gasteiger partial charge in [-0.15, -0.1) is 34.2 Å². The molecule has 1 aromatic rings. The van der Waals surface area contributed by atoms with Gasteiger partial charge >= 0.3 is 0 Å². The molecule has 1 aliphatic rings. The summed E-state index contributed by atoms with van der Waals surface area (Å²) >= 11 is 0. The van der Waals surface area contributed by atoms with Crippen LogP contribution >= 0.6 is 24.0 Å². The summed E-state index contributed by atoms with van der Waals surface area (Å²) in [5.74, 6) is 4.40. The zero-order chi connectivity index (χ0) is 15.4. The van der Waals surface area contributed by atoms with E-state index in [1.165, 1.54) is 12.8 Å². The summed E-state index contributed by atoms with van der Waals surface area (Å²) in [4.78, 5) is 6.77. The molecule has 6 nitrogen and oxygen atoms in total. The number of rotatable bonds is 4. The van der Waals surface area contributed by atoms with Crippen LogP contribution in [0.25, 0.3) is 0 Å². The standard InChI is InChI=1S/C15H28N6.HI/c1-11(2)8-13-6-7-21(10-13)15(16-4)17-9-14-19-18-12(3)20(14)5;/h11,13H,6-10H2,1-5H3,(H,16,17);1H. The Hall–Kier alpha value is -0.860. The average molecular weight is 420 g/mol. The van der Waals surface area contributed by atoms with Gasteiger partial charge in [-0.3, -0.25) is 4.99 Å². The average Bonchev–Trinajstić information content (AvgIpc) is 3.00. The summed E-state index contributed by atoms with van der Waals surface area (Å²) in [5, 5.41) is 11.7. The number of halogens is 1. The van der Waals surface area contributed by atoms with Crippen LogP contribution in [0.15, 0.2) is 4.99 Å². The van der Waals surface area contributed by atoms with Gasteiger partial charge < -0.3 is 14.8 Å². The van der Waals surface area contributed by atoms with Gasteiger partial charge in [-0.1, -0.05) is 13.8 Å². The lowest BCUT2D eigenvalue weighted by Crippen LogP contribution is -2.40. The lowest BCUT2D eigenvalue weighted by atomic mass is 9.97. The number of aryl methyl sites for hydroxylation is 1. The fourth-order valence-corrected chi connectivity index (χ4v) is 2.98. The van der Waals surface area contributed by atoms with E-state index in [4.69, 9.17) is 0 Å². The second kappa shape index (κ2) is 8.69. The van der Waals surface area contributed by atoms with E-state index in [-0.39, 0.29) is 24.0 Å². The Bertz CT molecular complexity index is 496. The highest BCUT2D eigenvalue weighted by molar-refractivity contribution is 14.0. The van der Waals surface area contributed by atoms with E-state index < -0.39 is 0 Å². The number of hydrogen-bond acceptors (Lipinski definition) is 3. The van der Waals surface area contributed by atoms with Crippen molar-refractivity contribution in [2.24, 2.45) is 23.9 Å². The first-order valence-electron chi connectivity index (χ1n) is 7.81. The minimum Gasteiger partial charge on any atom is -0.349 e. The van der Waals surface area contributed by atoms with Crippen LogP contribution < -0.4 is 5.32 Å². The Kier molecular flexibility index (Phi) is 7.58. The first-order chi connectivity index (χ1) is 10.0. The Balaban J connectivity index is 0.00000242. The summed E-state index contributed by atoms with van der Waals surface area (Å²) in [6.45, 7) is 9.42. The summed E-state index contributed by atoms with van der Waals surface area (Å²) < 4.78 is 2.01. The van der Waals surface area contributed by atoms with Crippen molar-refractivity contribution in [3.05, 3.63) is 11.6 Å². The van der Waals surface area contributed by atoms with Gasteiger partial charge in [0.2, 0.25) is 0 Å². The van der Waals surface area contributed by atoms with E-state index in [1.54, 1.807) is 0 Å². The van der Waals surface area contributed by atoms with Gasteiger partial charge in [-0.2, -0.15) is 0 Å². The maximum atomic E-state index is 4.41. The number of nitrogens with zero attached hydrogens (tertiary/aromatic N) is 5. The van der Waals surface area contributed by atoms with Crippen LogP contribution in [0.4, 0.5) is 0 Å². The van der Waals surface area contributed by atoms with Gasteiger partial charge in [-0.05, 0) is 31.6 Å². The number of likely N-dealkylation sites (tertiary alicyclic amines) is 1. The van der Waals surface area contributed by atoms with E-state index in [1.807, 2.05) is 25.6 Å². The summed E-state index contributed by atoms with van der Waals surface area (Å²) in [7, 11) is 3.84. The van der Waals surface area contributed by atoms with Gasteiger partial charge in [0.25, 0.3) is 0 Å². The van der Waals surface area contributed by atoms with Gasteiger partial charge in [0.15, 0.2) is 11.8 Å². The minimum absolute atomic E-state index is 0. The summed E-state index contributed by atoms with van der Waals surface area (Å²) in [6, 6.07) is 0. The molecule has 0 bridgehead atoms. The van der Waals surface area contributed by atoms with Crippen molar-refractivity contribution in [1.82, 2.24) is 25.0 Å². The second-order valence-corrected chi connectivity index (χ2v) is 6.35. The van der Waals surface area contributed by atoms with E-state index in [0.717, 1.165) is 42.5 Å². The molecular weight excluding hydrogens is 391 g/mol. The number of aliphatic imine (C=N–C) groups is 1. The third-order valence-electron chi connectivity index (χ3n) is 4.19. The molecule has 126 valence electrons. The van der Waals surface area contributed by atoms with E-state index in [0.29, 0.717) is 6.54 Å². The summed E-state index contributed by atoms with van der Waals surface area (Å²) in [6.07, 6.45) is 2.57. The molecule has 22 heavy (non-hydrogen) atoms. The zero-order valence-corrected chi connectivity index (χ0v) is 16.7. The normalized spacial score (nSPS) is 18.7. The van der Waals surface area contributed by atoms with Crippen molar-refractivity contribution in [2.75, 3.05) is 20.1 Å². The monoisotopic (exact) mass is 420 g/mol. The van der Waals surface area contributed by atoms with Crippen molar-refractivity contribution in [3.8, 4) is 0 Å². The molecular formula is C15H29IN6. The van der Waals surface area contributed by atoms with Crippen LogP contribution in [0.3, 0.4) is 0 Å². The molecule has 1 aromatic heterocycles. The van der Waals surface area contributed by atoms with E-state index in [2.05, 4.69) is 39.3 Å². The first-order valence-corrected chi connectivity index (χ1v) is 7.81.